The Morgan fingerprint density at radius 3 is 2.37 bits per heavy atom. The van der Waals surface area contributed by atoms with Gasteiger partial charge in [-0.1, -0.05) is 12.8 Å². The molecule has 1 aliphatic rings. The summed E-state index contributed by atoms with van der Waals surface area (Å²) < 4.78 is 26.6. The Morgan fingerprint density at radius 1 is 1.26 bits per heavy atom. The number of hydrogen-bond donors (Lipinski definition) is 2. The molecule has 106 valence electrons. The van der Waals surface area contributed by atoms with Crippen molar-refractivity contribution in [3.05, 3.63) is 29.3 Å². The van der Waals surface area contributed by atoms with Crippen LogP contribution in [0.2, 0.25) is 0 Å². The van der Waals surface area contributed by atoms with Crippen molar-refractivity contribution in [1.82, 2.24) is 5.32 Å². The number of aromatic hydroxyl groups is 1. The van der Waals surface area contributed by atoms with Crippen LogP contribution in [0.15, 0.2) is 12.1 Å². The normalized spacial score (nSPS) is 17.8. The molecule has 0 bridgehead atoms. The Morgan fingerprint density at radius 2 is 1.84 bits per heavy atom. The summed E-state index contributed by atoms with van der Waals surface area (Å²) in [6, 6.07) is 2.34. The summed E-state index contributed by atoms with van der Waals surface area (Å²) >= 11 is 1.87. The second-order valence-corrected chi connectivity index (χ2v) is 6.38. The first-order valence-corrected chi connectivity index (χ1v) is 7.71. The summed E-state index contributed by atoms with van der Waals surface area (Å²) in [7, 11) is 0. The topological polar surface area (TPSA) is 32.3 Å². The van der Waals surface area contributed by atoms with Crippen LogP contribution >= 0.6 is 11.8 Å². The molecule has 19 heavy (non-hydrogen) atoms. The van der Waals surface area contributed by atoms with E-state index in [9.17, 15) is 8.78 Å². The average molecular weight is 287 g/mol. The van der Waals surface area contributed by atoms with Crippen molar-refractivity contribution in [3.63, 3.8) is 0 Å². The number of rotatable bonds is 5. The fourth-order valence-electron chi connectivity index (χ4n) is 2.63. The van der Waals surface area contributed by atoms with Crippen LogP contribution < -0.4 is 5.32 Å². The molecule has 1 aliphatic carbocycles. The van der Waals surface area contributed by atoms with Crippen molar-refractivity contribution in [2.24, 2.45) is 0 Å². The van der Waals surface area contributed by atoms with Gasteiger partial charge in [-0.3, -0.25) is 0 Å². The molecule has 0 aliphatic heterocycles. The van der Waals surface area contributed by atoms with Crippen molar-refractivity contribution in [2.75, 3.05) is 12.8 Å². The summed E-state index contributed by atoms with van der Waals surface area (Å²) in [5.74, 6) is -2.71. The summed E-state index contributed by atoms with van der Waals surface area (Å²) in [5, 5.41) is 12.3. The van der Waals surface area contributed by atoms with Crippen molar-refractivity contribution in [2.45, 2.75) is 37.0 Å². The molecule has 0 aromatic heterocycles. The summed E-state index contributed by atoms with van der Waals surface area (Å²) in [4.78, 5) is 0. The minimum atomic E-state index is -0.905. The smallest absolute Gasteiger partial charge is 0.187 e. The standard InChI is InChI=1S/C14H19F2NOS/c1-19-14(4-2-3-5-14)9-17-8-10-6-11(15)13(18)12(16)7-10/h6-7,17-18H,2-5,8-9H2,1H3. The Hall–Kier alpha value is -0.810. The van der Waals surface area contributed by atoms with E-state index < -0.39 is 17.4 Å². The first-order valence-electron chi connectivity index (χ1n) is 6.49. The van der Waals surface area contributed by atoms with Crippen molar-refractivity contribution < 1.29 is 13.9 Å². The Balaban J connectivity index is 1.92. The maximum Gasteiger partial charge on any atom is 0.187 e. The lowest BCUT2D eigenvalue weighted by Gasteiger charge is -2.27. The summed E-state index contributed by atoms with van der Waals surface area (Å²) in [6.45, 7) is 1.26. The molecule has 1 aromatic rings. The molecule has 5 heteroatoms. The van der Waals surface area contributed by atoms with E-state index in [1.807, 2.05) is 11.8 Å². The molecular formula is C14H19F2NOS. The van der Waals surface area contributed by atoms with Gasteiger partial charge in [-0.15, -0.1) is 0 Å². The van der Waals surface area contributed by atoms with E-state index >= 15 is 0 Å². The van der Waals surface area contributed by atoms with Gasteiger partial charge in [0.05, 0.1) is 0 Å². The van der Waals surface area contributed by atoms with Gasteiger partial charge in [0, 0.05) is 17.8 Å². The van der Waals surface area contributed by atoms with Gasteiger partial charge in [-0.05, 0) is 36.8 Å². The maximum atomic E-state index is 13.2. The van der Waals surface area contributed by atoms with Gasteiger partial charge in [0.2, 0.25) is 0 Å². The van der Waals surface area contributed by atoms with Gasteiger partial charge >= 0.3 is 0 Å². The molecule has 1 fully saturated rings. The molecule has 0 radical (unpaired) electrons. The molecule has 0 unspecified atom stereocenters. The van der Waals surface area contributed by atoms with Crippen LogP contribution in [-0.2, 0) is 6.54 Å². The minimum Gasteiger partial charge on any atom is -0.503 e. The molecule has 2 nitrogen and oxygen atoms in total. The van der Waals surface area contributed by atoms with Gasteiger partial charge < -0.3 is 10.4 Å². The molecule has 2 rings (SSSR count). The third-order valence-electron chi connectivity index (χ3n) is 3.80. The van der Waals surface area contributed by atoms with E-state index in [2.05, 4.69) is 11.6 Å². The van der Waals surface area contributed by atoms with Gasteiger partial charge in [0.25, 0.3) is 0 Å². The second kappa shape index (κ2) is 6.09. The number of phenolic OH excluding ortho intramolecular Hbond substituents is 1. The van der Waals surface area contributed by atoms with E-state index in [0.29, 0.717) is 12.1 Å². The Kier molecular flexibility index (Phi) is 4.68. The lowest BCUT2D eigenvalue weighted by molar-refractivity contribution is 0.394. The molecule has 0 saturated heterocycles. The molecule has 0 atom stereocenters. The zero-order chi connectivity index (χ0) is 13.9. The Bertz CT molecular complexity index is 424. The van der Waals surface area contributed by atoms with E-state index in [1.54, 1.807) is 0 Å². The number of hydrogen-bond acceptors (Lipinski definition) is 3. The van der Waals surface area contributed by atoms with E-state index in [4.69, 9.17) is 5.11 Å². The van der Waals surface area contributed by atoms with Crippen molar-refractivity contribution in [3.8, 4) is 5.75 Å². The van der Waals surface area contributed by atoms with E-state index in [1.165, 1.54) is 37.8 Å². The summed E-state index contributed by atoms with van der Waals surface area (Å²) in [6.07, 6.45) is 7.02. The van der Waals surface area contributed by atoms with Gasteiger partial charge in [0.15, 0.2) is 17.4 Å². The van der Waals surface area contributed by atoms with Crippen LogP contribution in [0.5, 0.6) is 5.75 Å². The maximum absolute atomic E-state index is 13.2. The second-order valence-electron chi connectivity index (χ2n) is 5.11. The number of benzene rings is 1. The van der Waals surface area contributed by atoms with Crippen LogP contribution in [0, 0.1) is 11.6 Å². The third-order valence-corrected chi connectivity index (χ3v) is 5.22. The lowest BCUT2D eigenvalue weighted by atomic mass is 10.1. The Labute approximate surface area is 116 Å². The van der Waals surface area contributed by atoms with E-state index in [0.717, 1.165) is 6.54 Å². The average Bonchev–Trinajstić information content (AvgIpc) is 2.85. The zero-order valence-electron chi connectivity index (χ0n) is 11.0. The van der Waals surface area contributed by atoms with Crippen LogP contribution in [0.3, 0.4) is 0 Å². The minimum absolute atomic E-state index is 0.272. The van der Waals surface area contributed by atoms with Crippen molar-refractivity contribution >= 4 is 11.8 Å². The zero-order valence-corrected chi connectivity index (χ0v) is 11.8. The quantitative estimate of drug-likeness (QED) is 0.870. The highest BCUT2D eigenvalue weighted by Crippen LogP contribution is 2.39. The lowest BCUT2D eigenvalue weighted by Crippen LogP contribution is -2.34. The van der Waals surface area contributed by atoms with Crippen LogP contribution in [0.1, 0.15) is 31.2 Å². The van der Waals surface area contributed by atoms with E-state index in [-0.39, 0.29) is 4.75 Å². The number of thioether (sulfide) groups is 1. The van der Waals surface area contributed by atoms with Gasteiger partial charge in [0.1, 0.15) is 0 Å². The first kappa shape index (κ1) is 14.6. The molecule has 1 saturated carbocycles. The predicted octanol–water partition coefficient (Wildman–Crippen LogP) is 3.44. The molecule has 0 spiro atoms. The third kappa shape index (κ3) is 3.39. The molecular weight excluding hydrogens is 268 g/mol. The number of halogens is 2. The highest BCUT2D eigenvalue weighted by molar-refractivity contribution is 8.00. The number of nitrogens with one attached hydrogen (secondary N) is 1. The fourth-order valence-corrected chi connectivity index (χ4v) is 3.57. The number of phenols is 1. The highest BCUT2D eigenvalue weighted by atomic mass is 32.2. The summed E-state index contributed by atoms with van der Waals surface area (Å²) in [5.41, 5.74) is 0.516. The first-order chi connectivity index (χ1) is 9.06. The van der Waals surface area contributed by atoms with Crippen LogP contribution in [0.25, 0.3) is 0 Å². The molecule has 2 N–H and O–H groups in total. The molecule has 0 amide bonds. The van der Waals surface area contributed by atoms with Gasteiger partial charge in [-0.2, -0.15) is 11.8 Å². The predicted molar refractivity (Wildman–Crippen MR) is 74.4 cm³/mol. The van der Waals surface area contributed by atoms with Crippen LogP contribution in [-0.4, -0.2) is 22.7 Å². The van der Waals surface area contributed by atoms with Crippen LogP contribution in [0.4, 0.5) is 8.78 Å². The largest absolute Gasteiger partial charge is 0.503 e. The SMILES string of the molecule is CSC1(CNCc2cc(F)c(O)c(F)c2)CCCC1. The molecule has 0 heterocycles. The fraction of sp³-hybridized carbons (Fsp3) is 0.571. The monoisotopic (exact) mass is 287 g/mol. The van der Waals surface area contributed by atoms with Gasteiger partial charge in [-0.25, -0.2) is 8.78 Å². The highest BCUT2D eigenvalue weighted by Gasteiger charge is 2.32. The van der Waals surface area contributed by atoms with Crippen molar-refractivity contribution in [1.29, 1.82) is 0 Å². The molecule has 1 aromatic carbocycles.